The molecule has 0 saturated heterocycles. The van der Waals surface area contributed by atoms with Crippen molar-refractivity contribution in [3.8, 4) is 6.07 Å². The van der Waals surface area contributed by atoms with Crippen LogP contribution in [-0.2, 0) is 11.3 Å². The van der Waals surface area contributed by atoms with Crippen molar-refractivity contribution in [1.29, 1.82) is 5.26 Å². The maximum Gasteiger partial charge on any atom is 0.0991 e. The second-order valence-corrected chi connectivity index (χ2v) is 4.48. The molecule has 86 valence electrons. The number of hydrogen-bond donors (Lipinski definition) is 1. The van der Waals surface area contributed by atoms with Gasteiger partial charge in [-0.2, -0.15) is 5.26 Å². The summed E-state index contributed by atoms with van der Waals surface area (Å²) >= 11 is 0. The van der Waals surface area contributed by atoms with Crippen LogP contribution in [0, 0.1) is 11.3 Å². The zero-order valence-electron chi connectivity index (χ0n) is 10.1. The highest BCUT2D eigenvalue weighted by Crippen LogP contribution is 2.07. The van der Waals surface area contributed by atoms with Crippen molar-refractivity contribution in [2.75, 3.05) is 13.7 Å². The van der Waals surface area contributed by atoms with E-state index in [1.54, 1.807) is 7.11 Å². The molecule has 0 fully saturated rings. The van der Waals surface area contributed by atoms with Gasteiger partial charge in [0.1, 0.15) is 0 Å². The van der Waals surface area contributed by atoms with Crippen LogP contribution in [0.25, 0.3) is 0 Å². The average Bonchev–Trinajstić information content (AvgIpc) is 2.27. The summed E-state index contributed by atoms with van der Waals surface area (Å²) in [6.45, 7) is 5.58. The van der Waals surface area contributed by atoms with E-state index in [1.165, 1.54) is 0 Å². The Kier molecular flexibility index (Phi) is 4.48. The van der Waals surface area contributed by atoms with Crippen molar-refractivity contribution in [2.24, 2.45) is 0 Å². The summed E-state index contributed by atoms with van der Waals surface area (Å²) in [6, 6.07) is 9.76. The molecule has 0 radical (unpaired) electrons. The van der Waals surface area contributed by atoms with Gasteiger partial charge in [-0.3, -0.25) is 0 Å². The first-order valence-corrected chi connectivity index (χ1v) is 5.30. The van der Waals surface area contributed by atoms with Gasteiger partial charge in [0.2, 0.25) is 0 Å². The van der Waals surface area contributed by atoms with Gasteiger partial charge in [0.15, 0.2) is 0 Å². The third-order valence-corrected chi connectivity index (χ3v) is 2.33. The number of rotatable bonds is 5. The number of hydrogen-bond acceptors (Lipinski definition) is 3. The molecule has 3 nitrogen and oxygen atoms in total. The van der Waals surface area contributed by atoms with Crippen LogP contribution in [0.3, 0.4) is 0 Å². The molecule has 0 atom stereocenters. The normalized spacial score (nSPS) is 11.1. The van der Waals surface area contributed by atoms with Gasteiger partial charge in [0, 0.05) is 19.2 Å². The molecule has 0 aliphatic rings. The lowest BCUT2D eigenvalue weighted by Gasteiger charge is -2.25. The summed E-state index contributed by atoms with van der Waals surface area (Å²) in [7, 11) is 1.69. The van der Waals surface area contributed by atoms with Crippen molar-refractivity contribution in [2.45, 2.75) is 25.9 Å². The number of nitriles is 1. The highest BCUT2D eigenvalue weighted by molar-refractivity contribution is 5.32. The summed E-state index contributed by atoms with van der Waals surface area (Å²) in [4.78, 5) is 0. The first-order valence-electron chi connectivity index (χ1n) is 5.30. The fraction of sp³-hybridized carbons (Fsp3) is 0.462. The molecule has 16 heavy (non-hydrogen) atoms. The topological polar surface area (TPSA) is 45.0 Å². The smallest absolute Gasteiger partial charge is 0.0991 e. The van der Waals surface area contributed by atoms with Crippen LogP contribution in [0.1, 0.15) is 25.0 Å². The van der Waals surface area contributed by atoms with Crippen LogP contribution in [0.2, 0.25) is 0 Å². The SMILES string of the molecule is COCC(C)(C)NCc1cccc(C#N)c1. The van der Waals surface area contributed by atoms with Gasteiger partial charge in [-0.25, -0.2) is 0 Å². The predicted octanol–water partition coefficient (Wildman–Crippen LogP) is 2.07. The standard InChI is InChI=1S/C13H18N2O/c1-13(2,10-16-3)15-9-12-6-4-5-11(7-12)8-14/h4-7,15H,9-10H2,1-3H3. The number of nitrogens with one attached hydrogen (secondary N) is 1. The van der Waals surface area contributed by atoms with Crippen molar-refractivity contribution >= 4 is 0 Å². The molecule has 0 saturated carbocycles. The molecule has 1 rings (SSSR count). The quantitative estimate of drug-likeness (QED) is 0.823. The Morgan fingerprint density at radius 3 is 2.81 bits per heavy atom. The van der Waals surface area contributed by atoms with Crippen LogP contribution in [0.5, 0.6) is 0 Å². The van der Waals surface area contributed by atoms with Crippen LogP contribution in [0.15, 0.2) is 24.3 Å². The Morgan fingerprint density at radius 1 is 1.44 bits per heavy atom. The van der Waals surface area contributed by atoms with Gasteiger partial charge >= 0.3 is 0 Å². The molecule has 3 heteroatoms. The van der Waals surface area contributed by atoms with E-state index in [0.29, 0.717) is 12.2 Å². The van der Waals surface area contributed by atoms with E-state index in [2.05, 4.69) is 25.2 Å². The maximum absolute atomic E-state index is 8.78. The molecule has 1 aromatic rings. The van der Waals surface area contributed by atoms with Gasteiger partial charge in [-0.15, -0.1) is 0 Å². The Labute approximate surface area is 97.0 Å². The van der Waals surface area contributed by atoms with E-state index in [4.69, 9.17) is 10.00 Å². The molecule has 0 spiro atoms. The molecule has 0 bridgehead atoms. The fourth-order valence-corrected chi connectivity index (χ4v) is 1.50. The van der Waals surface area contributed by atoms with Gasteiger partial charge in [0.25, 0.3) is 0 Å². The fourth-order valence-electron chi connectivity index (χ4n) is 1.50. The van der Waals surface area contributed by atoms with E-state index in [1.807, 2.05) is 24.3 Å². The summed E-state index contributed by atoms with van der Waals surface area (Å²) in [6.07, 6.45) is 0. The van der Waals surface area contributed by atoms with E-state index in [0.717, 1.165) is 12.1 Å². The van der Waals surface area contributed by atoms with Crippen molar-refractivity contribution in [3.63, 3.8) is 0 Å². The van der Waals surface area contributed by atoms with Gasteiger partial charge < -0.3 is 10.1 Å². The highest BCUT2D eigenvalue weighted by Gasteiger charge is 2.15. The Hall–Kier alpha value is -1.37. The second kappa shape index (κ2) is 5.64. The van der Waals surface area contributed by atoms with Crippen LogP contribution >= 0.6 is 0 Å². The van der Waals surface area contributed by atoms with Crippen molar-refractivity contribution in [1.82, 2.24) is 5.32 Å². The maximum atomic E-state index is 8.78. The minimum atomic E-state index is -0.0581. The highest BCUT2D eigenvalue weighted by atomic mass is 16.5. The van der Waals surface area contributed by atoms with Crippen LogP contribution in [0.4, 0.5) is 0 Å². The lowest BCUT2D eigenvalue weighted by atomic mass is 10.1. The molecular weight excluding hydrogens is 200 g/mol. The van der Waals surface area contributed by atoms with Crippen molar-refractivity contribution in [3.05, 3.63) is 35.4 Å². The van der Waals surface area contributed by atoms with Gasteiger partial charge in [0.05, 0.1) is 18.2 Å². The number of ether oxygens (including phenoxy) is 1. The predicted molar refractivity (Wildman–Crippen MR) is 64.0 cm³/mol. The van der Waals surface area contributed by atoms with E-state index in [9.17, 15) is 0 Å². The minimum absolute atomic E-state index is 0.0581. The molecule has 0 aromatic heterocycles. The molecule has 0 amide bonds. The largest absolute Gasteiger partial charge is 0.383 e. The summed E-state index contributed by atoms with van der Waals surface area (Å²) in [5, 5.41) is 12.2. The number of methoxy groups -OCH3 is 1. The molecule has 1 N–H and O–H groups in total. The Bertz CT molecular complexity index is 380. The van der Waals surface area contributed by atoms with E-state index >= 15 is 0 Å². The van der Waals surface area contributed by atoms with Gasteiger partial charge in [-0.05, 0) is 31.5 Å². The lowest BCUT2D eigenvalue weighted by Crippen LogP contribution is -2.42. The zero-order chi connectivity index (χ0) is 12.0. The first-order chi connectivity index (χ1) is 7.57. The van der Waals surface area contributed by atoms with Crippen LogP contribution in [-0.4, -0.2) is 19.3 Å². The molecule has 0 aliphatic heterocycles. The Morgan fingerprint density at radius 2 is 2.19 bits per heavy atom. The number of nitrogens with zero attached hydrogens (tertiary/aromatic N) is 1. The van der Waals surface area contributed by atoms with E-state index in [-0.39, 0.29) is 5.54 Å². The molecule has 0 unspecified atom stereocenters. The summed E-state index contributed by atoms with van der Waals surface area (Å²) in [5.74, 6) is 0. The first kappa shape index (κ1) is 12.7. The number of benzene rings is 1. The average molecular weight is 218 g/mol. The summed E-state index contributed by atoms with van der Waals surface area (Å²) < 4.78 is 5.13. The lowest BCUT2D eigenvalue weighted by molar-refractivity contribution is 0.128. The molecule has 0 aliphatic carbocycles. The second-order valence-electron chi connectivity index (χ2n) is 4.48. The zero-order valence-corrected chi connectivity index (χ0v) is 10.1. The molecule has 1 aromatic carbocycles. The summed E-state index contributed by atoms with van der Waals surface area (Å²) in [5.41, 5.74) is 1.75. The van der Waals surface area contributed by atoms with Gasteiger partial charge in [-0.1, -0.05) is 12.1 Å². The third kappa shape index (κ3) is 4.01. The third-order valence-electron chi connectivity index (χ3n) is 2.33. The minimum Gasteiger partial charge on any atom is -0.383 e. The molecule has 0 heterocycles. The monoisotopic (exact) mass is 218 g/mol. The Balaban J connectivity index is 2.58. The van der Waals surface area contributed by atoms with Crippen molar-refractivity contribution < 1.29 is 4.74 Å². The molecular formula is C13H18N2O. The van der Waals surface area contributed by atoms with Crippen LogP contribution < -0.4 is 5.32 Å². The van der Waals surface area contributed by atoms with E-state index < -0.39 is 0 Å².